The molecule has 4 heteroatoms. The molecule has 0 bridgehead atoms. The van der Waals surface area contributed by atoms with Crippen molar-refractivity contribution in [2.75, 3.05) is 18.8 Å². The number of benzene rings is 1. The van der Waals surface area contributed by atoms with Gasteiger partial charge in [0.05, 0.1) is 4.88 Å². The van der Waals surface area contributed by atoms with E-state index in [0.29, 0.717) is 5.25 Å². The number of nitrogens with zero attached hydrogens (tertiary/aromatic N) is 1. The number of thiophene rings is 1. The van der Waals surface area contributed by atoms with Crippen LogP contribution in [0.4, 0.5) is 0 Å². The number of amides is 1. The van der Waals surface area contributed by atoms with Gasteiger partial charge in [-0.3, -0.25) is 4.79 Å². The van der Waals surface area contributed by atoms with Crippen LogP contribution in [0.25, 0.3) is 0 Å². The molecule has 0 spiro atoms. The van der Waals surface area contributed by atoms with Gasteiger partial charge in [0.25, 0.3) is 5.91 Å². The van der Waals surface area contributed by atoms with Crippen LogP contribution in [0, 0.1) is 6.92 Å². The average Bonchev–Trinajstić information content (AvgIpc) is 2.92. The van der Waals surface area contributed by atoms with E-state index >= 15 is 0 Å². The van der Waals surface area contributed by atoms with E-state index < -0.39 is 0 Å². The summed E-state index contributed by atoms with van der Waals surface area (Å²) in [6.07, 6.45) is 1.03. The molecule has 1 saturated heterocycles. The third kappa shape index (κ3) is 3.33. The van der Waals surface area contributed by atoms with Gasteiger partial charge in [-0.2, -0.15) is 11.8 Å². The summed E-state index contributed by atoms with van der Waals surface area (Å²) in [7, 11) is 0. The van der Waals surface area contributed by atoms with Gasteiger partial charge in [0.2, 0.25) is 0 Å². The van der Waals surface area contributed by atoms with Crippen molar-refractivity contribution in [2.45, 2.75) is 18.6 Å². The Kier molecular flexibility index (Phi) is 4.66. The molecule has 0 saturated carbocycles. The van der Waals surface area contributed by atoms with E-state index in [4.69, 9.17) is 0 Å². The van der Waals surface area contributed by atoms with Crippen LogP contribution in [0.2, 0.25) is 0 Å². The van der Waals surface area contributed by atoms with E-state index in [0.717, 1.165) is 30.1 Å². The quantitative estimate of drug-likeness (QED) is 0.819. The number of carbonyl (C=O) groups is 1. The van der Waals surface area contributed by atoms with Crippen LogP contribution < -0.4 is 0 Å². The highest BCUT2D eigenvalue weighted by atomic mass is 32.2. The number of rotatable bonds is 2. The lowest BCUT2D eigenvalue weighted by molar-refractivity contribution is 0.0771. The second-order valence-corrected chi connectivity index (χ2v) is 7.53. The van der Waals surface area contributed by atoms with Gasteiger partial charge < -0.3 is 4.90 Å². The van der Waals surface area contributed by atoms with E-state index in [1.807, 2.05) is 34.2 Å². The number of thioether (sulfide) groups is 1. The molecule has 0 unspecified atom stereocenters. The molecule has 110 valence electrons. The lowest BCUT2D eigenvalue weighted by Crippen LogP contribution is -2.32. The van der Waals surface area contributed by atoms with E-state index in [1.54, 1.807) is 0 Å². The molecule has 1 atom stereocenters. The lowest BCUT2D eigenvalue weighted by Gasteiger charge is -2.20. The van der Waals surface area contributed by atoms with Gasteiger partial charge in [-0.1, -0.05) is 30.3 Å². The fraction of sp³-hybridized carbons (Fsp3) is 0.353. The van der Waals surface area contributed by atoms with Crippen molar-refractivity contribution in [1.29, 1.82) is 0 Å². The van der Waals surface area contributed by atoms with Crippen LogP contribution in [-0.4, -0.2) is 29.6 Å². The highest BCUT2D eigenvalue weighted by Crippen LogP contribution is 2.36. The van der Waals surface area contributed by atoms with Gasteiger partial charge in [-0.25, -0.2) is 0 Å². The fourth-order valence-electron chi connectivity index (χ4n) is 2.73. The van der Waals surface area contributed by atoms with Crippen LogP contribution in [0.1, 0.15) is 32.5 Å². The summed E-state index contributed by atoms with van der Waals surface area (Å²) in [6, 6.07) is 12.5. The first-order valence-electron chi connectivity index (χ1n) is 7.25. The predicted molar refractivity (Wildman–Crippen MR) is 91.2 cm³/mol. The fourth-order valence-corrected chi connectivity index (χ4v) is 4.74. The third-order valence-corrected chi connectivity index (χ3v) is 6.06. The standard InChI is InChI=1S/C17H19NOS2/c1-13-5-2-3-6-14(13)15-8-9-18(10-12-21-15)17(19)16-7-4-11-20-16/h2-7,11,15H,8-10,12H2,1H3/t15-/m0/s1. The lowest BCUT2D eigenvalue weighted by atomic mass is 10.0. The molecule has 1 aromatic heterocycles. The Hall–Kier alpha value is -1.26. The van der Waals surface area contributed by atoms with Crippen LogP contribution in [0.5, 0.6) is 0 Å². The summed E-state index contributed by atoms with van der Waals surface area (Å²) in [6.45, 7) is 3.88. The largest absolute Gasteiger partial charge is 0.337 e. The summed E-state index contributed by atoms with van der Waals surface area (Å²) in [5, 5.41) is 2.47. The molecule has 21 heavy (non-hydrogen) atoms. The minimum atomic E-state index is 0.191. The Bertz CT molecular complexity index is 609. The zero-order chi connectivity index (χ0) is 14.7. The van der Waals surface area contributed by atoms with Gasteiger partial charge in [0, 0.05) is 24.1 Å². The van der Waals surface area contributed by atoms with Crippen molar-refractivity contribution in [3.63, 3.8) is 0 Å². The Morgan fingerprint density at radius 2 is 2.05 bits per heavy atom. The van der Waals surface area contributed by atoms with E-state index in [2.05, 4.69) is 31.2 Å². The molecule has 0 aliphatic carbocycles. The van der Waals surface area contributed by atoms with Crippen molar-refractivity contribution < 1.29 is 4.79 Å². The molecule has 1 aromatic carbocycles. The molecule has 1 amide bonds. The van der Waals surface area contributed by atoms with Crippen LogP contribution in [-0.2, 0) is 0 Å². The van der Waals surface area contributed by atoms with Gasteiger partial charge >= 0.3 is 0 Å². The molecule has 1 aliphatic heterocycles. The van der Waals surface area contributed by atoms with E-state index in [-0.39, 0.29) is 5.91 Å². The van der Waals surface area contributed by atoms with Crippen LogP contribution >= 0.6 is 23.1 Å². The number of hydrogen-bond acceptors (Lipinski definition) is 3. The summed E-state index contributed by atoms with van der Waals surface area (Å²) in [4.78, 5) is 15.3. The van der Waals surface area contributed by atoms with Crippen LogP contribution in [0.3, 0.4) is 0 Å². The Morgan fingerprint density at radius 3 is 2.81 bits per heavy atom. The number of hydrogen-bond donors (Lipinski definition) is 0. The predicted octanol–water partition coefficient (Wildman–Crippen LogP) is 4.38. The Labute approximate surface area is 134 Å². The molecule has 1 aliphatic rings. The summed E-state index contributed by atoms with van der Waals surface area (Å²) in [5.74, 6) is 1.20. The minimum Gasteiger partial charge on any atom is -0.337 e. The zero-order valence-corrected chi connectivity index (χ0v) is 13.8. The highest BCUT2D eigenvalue weighted by molar-refractivity contribution is 7.99. The molecular weight excluding hydrogens is 298 g/mol. The Morgan fingerprint density at radius 1 is 1.19 bits per heavy atom. The van der Waals surface area contributed by atoms with Crippen molar-refractivity contribution in [2.24, 2.45) is 0 Å². The van der Waals surface area contributed by atoms with Crippen molar-refractivity contribution in [3.05, 3.63) is 57.8 Å². The second kappa shape index (κ2) is 6.67. The summed E-state index contributed by atoms with van der Waals surface area (Å²) < 4.78 is 0. The minimum absolute atomic E-state index is 0.191. The number of aryl methyl sites for hydroxylation is 1. The molecule has 3 rings (SSSR count). The third-order valence-electron chi connectivity index (χ3n) is 3.90. The maximum absolute atomic E-state index is 12.5. The van der Waals surface area contributed by atoms with Gasteiger partial charge in [0.1, 0.15) is 0 Å². The van der Waals surface area contributed by atoms with E-state index in [1.165, 1.54) is 22.5 Å². The normalized spacial score (nSPS) is 19.3. The molecular formula is C17H19NOS2. The first-order valence-corrected chi connectivity index (χ1v) is 9.18. The van der Waals surface area contributed by atoms with Gasteiger partial charge in [-0.05, 0) is 35.9 Å². The smallest absolute Gasteiger partial charge is 0.263 e. The summed E-state index contributed by atoms with van der Waals surface area (Å²) in [5.41, 5.74) is 2.78. The van der Waals surface area contributed by atoms with Crippen LogP contribution in [0.15, 0.2) is 41.8 Å². The SMILES string of the molecule is Cc1ccccc1[C@@H]1CCN(C(=O)c2cccs2)CCS1. The van der Waals surface area contributed by atoms with Crippen molar-refractivity contribution in [3.8, 4) is 0 Å². The van der Waals surface area contributed by atoms with E-state index in [9.17, 15) is 4.79 Å². The zero-order valence-electron chi connectivity index (χ0n) is 12.1. The molecule has 0 radical (unpaired) electrons. The maximum atomic E-state index is 12.5. The highest BCUT2D eigenvalue weighted by Gasteiger charge is 2.23. The molecule has 2 aromatic rings. The molecule has 2 nitrogen and oxygen atoms in total. The first-order chi connectivity index (χ1) is 10.3. The molecule has 0 N–H and O–H groups in total. The average molecular weight is 317 g/mol. The van der Waals surface area contributed by atoms with Crippen molar-refractivity contribution in [1.82, 2.24) is 4.90 Å². The maximum Gasteiger partial charge on any atom is 0.263 e. The van der Waals surface area contributed by atoms with Crippen molar-refractivity contribution >= 4 is 29.0 Å². The second-order valence-electron chi connectivity index (χ2n) is 5.27. The van der Waals surface area contributed by atoms with Gasteiger partial charge in [0.15, 0.2) is 0 Å². The number of carbonyl (C=O) groups excluding carboxylic acids is 1. The topological polar surface area (TPSA) is 20.3 Å². The summed E-state index contributed by atoms with van der Waals surface area (Å²) >= 11 is 3.51. The molecule has 2 heterocycles. The first kappa shape index (κ1) is 14.7. The monoisotopic (exact) mass is 317 g/mol. The molecule has 1 fully saturated rings. The van der Waals surface area contributed by atoms with Gasteiger partial charge in [-0.15, -0.1) is 11.3 Å². The Balaban J connectivity index is 1.70.